The first kappa shape index (κ1) is 11.6. The summed E-state index contributed by atoms with van der Waals surface area (Å²) in [5.41, 5.74) is 0. The van der Waals surface area contributed by atoms with Gasteiger partial charge in [0.05, 0.1) is 18.8 Å². The molecule has 14 heavy (non-hydrogen) atoms. The molecule has 1 rings (SSSR count). The highest BCUT2D eigenvalue weighted by Crippen LogP contribution is 2.25. The van der Waals surface area contributed by atoms with Gasteiger partial charge in [-0.25, -0.2) is 8.78 Å². The number of rotatable bonds is 5. The predicted molar refractivity (Wildman–Crippen MR) is 49.5 cm³/mol. The van der Waals surface area contributed by atoms with Gasteiger partial charge in [0.1, 0.15) is 0 Å². The van der Waals surface area contributed by atoms with E-state index in [2.05, 4.69) is 0 Å². The summed E-state index contributed by atoms with van der Waals surface area (Å²) in [5.74, 6) is -2.75. The van der Waals surface area contributed by atoms with Gasteiger partial charge in [-0.3, -0.25) is 0 Å². The van der Waals surface area contributed by atoms with Crippen molar-refractivity contribution in [1.82, 2.24) is 0 Å². The largest absolute Gasteiger partial charge is 0.379 e. The zero-order valence-corrected chi connectivity index (χ0v) is 8.50. The number of ether oxygens (including phenoxy) is 2. The molecule has 1 saturated carbocycles. The van der Waals surface area contributed by atoms with E-state index in [1.165, 1.54) is 6.08 Å². The minimum atomic E-state index is -2.75. The van der Waals surface area contributed by atoms with Crippen molar-refractivity contribution in [2.75, 3.05) is 13.7 Å². The van der Waals surface area contributed by atoms with E-state index in [4.69, 9.17) is 9.47 Å². The van der Waals surface area contributed by atoms with Gasteiger partial charge < -0.3 is 9.47 Å². The smallest absolute Gasteiger partial charge is 0.263 e. The molecule has 0 spiro atoms. The monoisotopic (exact) mass is 206 g/mol. The second-order valence-electron chi connectivity index (χ2n) is 3.58. The summed E-state index contributed by atoms with van der Waals surface area (Å²) in [6, 6.07) is 0. The van der Waals surface area contributed by atoms with Crippen LogP contribution in [0.2, 0.25) is 0 Å². The molecule has 1 fully saturated rings. The van der Waals surface area contributed by atoms with Crippen molar-refractivity contribution in [2.24, 2.45) is 0 Å². The molecule has 2 unspecified atom stereocenters. The molecule has 0 amide bonds. The standard InChI is InChI=1S/C10H16F2O2/c1-10(11,12)6-3-7-14-9-5-4-8(9)13-2/h3,6,8-9H,4-5,7H2,1-2H3. The maximum Gasteiger partial charge on any atom is 0.263 e. The van der Waals surface area contributed by atoms with Crippen molar-refractivity contribution in [1.29, 1.82) is 0 Å². The fourth-order valence-corrected chi connectivity index (χ4v) is 1.33. The van der Waals surface area contributed by atoms with Gasteiger partial charge in [0, 0.05) is 14.0 Å². The van der Waals surface area contributed by atoms with E-state index in [0.29, 0.717) is 0 Å². The van der Waals surface area contributed by atoms with Crippen LogP contribution in [0.5, 0.6) is 0 Å². The quantitative estimate of drug-likeness (QED) is 0.643. The summed E-state index contributed by atoms with van der Waals surface area (Å²) < 4.78 is 35.1. The zero-order valence-electron chi connectivity index (χ0n) is 8.50. The van der Waals surface area contributed by atoms with Crippen LogP contribution < -0.4 is 0 Å². The SMILES string of the molecule is COC1CCC1OCC=CC(C)(F)F. The number of allylic oxidation sites excluding steroid dienone is 1. The summed E-state index contributed by atoms with van der Waals surface area (Å²) in [6.45, 7) is 1.08. The van der Waals surface area contributed by atoms with Crippen molar-refractivity contribution >= 4 is 0 Å². The normalized spacial score (nSPS) is 28.0. The van der Waals surface area contributed by atoms with Crippen LogP contribution in [0.15, 0.2) is 12.2 Å². The molecule has 0 aromatic rings. The fraction of sp³-hybridized carbons (Fsp3) is 0.800. The first-order valence-corrected chi connectivity index (χ1v) is 4.73. The lowest BCUT2D eigenvalue weighted by atomic mass is 9.92. The first-order chi connectivity index (χ1) is 6.53. The molecule has 2 atom stereocenters. The third-order valence-corrected chi connectivity index (χ3v) is 2.27. The summed E-state index contributed by atoms with van der Waals surface area (Å²) in [6.07, 6.45) is 4.38. The number of hydrogen-bond acceptors (Lipinski definition) is 2. The lowest BCUT2D eigenvalue weighted by Crippen LogP contribution is -2.40. The van der Waals surface area contributed by atoms with Crippen LogP contribution in [0.1, 0.15) is 19.8 Å². The Bertz CT molecular complexity index is 197. The van der Waals surface area contributed by atoms with E-state index in [-0.39, 0.29) is 18.8 Å². The first-order valence-electron chi connectivity index (χ1n) is 4.73. The van der Waals surface area contributed by atoms with Crippen LogP contribution in [0.25, 0.3) is 0 Å². The molecule has 0 N–H and O–H groups in total. The predicted octanol–water partition coefficient (Wildman–Crippen LogP) is 2.39. The molecule has 0 radical (unpaired) electrons. The van der Waals surface area contributed by atoms with E-state index in [1.807, 2.05) is 0 Å². The van der Waals surface area contributed by atoms with Crippen molar-refractivity contribution in [2.45, 2.75) is 37.9 Å². The van der Waals surface area contributed by atoms with Crippen LogP contribution >= 0.6 is 0 Å². The van der Waals surface area contributed by atoms with Gasteiger partial charge in [0.2, 0.25) is 0 Å². The van der Waals surface area contributed by atoms with E-state index < -0.39 is 5.92 Å². The Morgan fingerprint density at radius 3 is 2.43 bits per heavy atom. The van der Waals surface area contributed by atoms with Crippen molar-refractivity contribution in [3.8, 4) is 0 Å². The van der Waals surface area contributed by atoms with E-state index >= 15 is 0 Å². The Labute approximate surface area is 82.9 Å². The second kappa shape index (κ2) is 4.84. The third-order valence-electron chi connectivity index (χ3n) is 2.27. The molecule has 0 aromatic carbocycles. The van der Waals surface area contributed by atoms with Crippen LogP contribution in [-0.2, 0) is 9.47 Å². The van der Waals surface area contributed by atoms with Crippen LogP contribution in [-0.4, -0.2) is 31.8 Å². The van der Waals surface area contributed by atoms with Crippen LogP contribution in [0.4, 0.5) is 8.78 Å². The van der Waals surface area contributed by atoms with Gasteiger partial charge >= 0.3 is 0 Å². The third kappa shape index (κ3) is 3.72. The van der Waals surface area contributed by atoms with Crippen molar-refractivity contribution in [3.63, 3.8) is 0 Å². The summed E-state index contributed by atoms with van der Waals surface area (Å²) >= 11 is 0. The highest BCUT2D eigenvalue weighted by atomic mass is 19.3. The van der Waals surface area contributed by atoms with Crippen LogP contribution in [0.3, 0.4) is 0 Å². The molecule has 0 aromatic heterocycles. The van der Waals surface area contributed by atoms with Gasteiger partial charge in [-0.15, -0.1) is 0 Å². The molecule has 0 saturated heterocycles. The lowest BCUT2D eigenvalue weighted by Gasteiger charge is -2.34. The summed E-state index contributed by atoms with van der Waals surface area (Å²) in [4.78, 5) is 0. The highest BCUT2D eigenvalue weighted by molar-refractivity contribution is 4.92. The Morgan fingerprint density at radius 2 is 2.00 bits per heavy atom. The molecule has 0 bridgehead atoms. The van der Waals surface area contributed by atoms with Gasteiger partial charge in [0.15, 0.2) is 0 Å². The van der Waals surface area contributed by atoms with E-state index in [9.17, 15) is 8.78 Å². The maximum absolute atomic E-state index is 12.3. The molecule has 1 aliphatic carbocycles. The van der Waals surface area contributed by atoms with Gasteiger partial charge in [-0.1, -0.05) is 6.08 Å². The van der Waals surface area contributed by atoms with Crippen molar-refractivity contribution < 1.29 is 18.3 Å². The van der Waals surface area contributed by atoms with Gasteiger partial charge in [0.25, 0.3) is 5.92 Å². The molecule has 0 aliphatic heterocycles. The molecule has 2 nitrogen and oxygen atoms in total. The van der Waals surface area contributed by atoms with Crippen LogP contribution in [0, 0.1) is 0 Å². The lowest BCUT2D eigenvalue weighted by molar-refractivity contribution is -0.106. The van der Waals surface area contributed by atoms with Gasteiger partial charge in [-0.2, -0.15) is 0 Å². The number of hydrogen-bond donors (Lipinski definition) is 0. The molecular weight excluding hydrogens is 190 g/mol. The Morgan fingerprint density at radius 1 is 1.36 bits per heavy atom. The zero-order chi connectivity index (χ0) is 10.6. The average Bonchev–Trinajstić information content (AvgIpc) is 2.00. The Kier molecular flexibility index (Phi) is 4.01. The summed E-state index contributed by atoms with van der Waals surface area (Å²) in [7, 11) is 1.64. The number of methoxy groups -OCH3 is 1. The fourth-order valence-electron chi connectivity index (χ4n) is 1.33. The van der Waals surface area contributed by atoms with E-state index in [1.54, 1.807) is 7.11 Å². The maximum atomic E-state index is 12.3. The molecular formula is C10H16F2O2. The molecule has 0 heterocycles. The van der Waals surface area contributed by atoms with Gasteiger partial charge in [-0.05, 0) is 18.9 Å². The van der Waals surface area contributed by atoms with E-state index in [0.717, 1.165) is 25.8 Å². The molecule has 4 heteroatoms. The average molecular weight is 206 g/mol. The number of alkyl halides is 2. The minimum absolute atomic E-state index is 0.0788. The Balaban J connectivity index is 2.13. The minimum Gasteiger partial charge on any atom is -0.379 e. The second-order valence-corrected chi connectivity index (χ2v) is 3.58. The topological polar surface area (TPSA) is 18.5 Å². The molecule has 82 valence electrons. The summed E-state index contributed by atoms with van der Waals surface area (Å²) in [5, 5.41) is 0. The highest BCUT2D eigenvalue weighted by Gasteiger charge is 2.31. The van der Waals surface area contributed by atoms with Crippen molar-refractivity contribution in [3.05, 3.63) is 12.2 Å². The molecule has 1 aliphatic rings. The number of halogens is 2. The Hall–Kier alpha value is -0.480.